The summed E-state index contributed by atoms with van der Waals surface area (Å²) in [6.45, 7) is 6.53. The number of aromatic nitrogens is 4. The molecule has 8 nitrogen and oxygen atoms in total. The van der Waals surface area contributed by atoms with Crippen LogP contribution < -0.4 is 16.7 Å². The van der Waals surface area contributed by atoms with Gasteiger partial charge in [0, 0.05) is 19.3 Å². The molecule has 0 atom stereocenters. The molecule has 0 fully saturated rings. The fraction of sp³-hybridized carbons (Fsp3) is 0.538. The van der Waals surface area contributed by atoms with Crippen molar-refractivity contribution < 1.29 is 0 Å². The molecule has 2 aromatic rings. The molecule has 0 radical (unpaired) electrons. The van der Waals surface area contributed by atoms with Crippen LogP contribution in [-0.4, -0.2) is 24.8 Å². The van der Waals surface area contributed by atoms with Crippen molar-refractivity contribution in [3.63, 3.8) is 0 Å². The fourth-order valence-electron chi connectivity index (χ4n) is 1.99. The molecule has 21 heavy (non-hydrogen) atoms. The molecule has 0 unspecified atom stereocenters. The van der Waals surface area contributed by atoms with Crippen LogP contribution in [0.2, 0.25) is 0 Å². The molecular formula is C13H20N6O2. The first-order chi connectivity index (χ1) is 9.99. The number of H-pyrrole nitrogens is 1. The summed E-state index contributed by atoms with van der Waals surface area (Å²) >= 11 is 0. The highest BCUT2D eigenvalue weighted by molar-refractivity contribution is 5.82. The van der Waals surface area contributed by atoms with Crippen molar-refractivity contribution in [2.45, 2.75) is 40.2 Å². The summed E-state index contributed by atoms with van der Waals surface area (Å²) in [6.07, 6.45) is 1.65. The van der Waals surface area contributed by atoms with Crippen LogP contribution in [0.4, 0.5) is 5.95 Å². The van der Waals surface area contributed by atoms with Crippen LogP contribution in [0.15, 0.2) is 14.7 Å². The number of nitrogens with one attached hydrogen (secondary N) is 2. The van der Waals surface area contributed by atoms with E-state index in [4.69, 9.17) is 0 Å². The van der Waals surface area contributed by atoms with Crippen molar-refractivity contribution in [1.29, 1.82) is 0 Å². The van der Waals surface area contributed by atoms with Gasteiger partial charge in [-0.05, 0) is 19.8 Å². The van der Waals surface area contributed by atoms with E-state index in [1.807, 2.05) is 20.8 Å². The van der Waals surface area contributed by atoms with E-state index in [0.717, 1.165) is 18.6 Å². The maximum Gasteiger partial charge on any atom is 0.329 e. The van der Waals surface area contributed by atoms with E-state index in [2.05, 4.69) is 20.5 Å². The van der Waals surface area contributed by atoms with E-state index >= 15 is 0 Å². The predicted molar refractivity (Wildman–Crippen MR) is 82.9 cm³/mol. The predicted octanol–water partition coefficient (Wildman–Crippen LogP) is 1.03. The van der Waals surface area contributed by atoms with Gasteiger partial charge in [-0.1, -0.05) is 13.8 Å². The molecule has 0 spiro atoms. The molecule has 0 saturated carbocycles. The Morgan fingerprint density at radius 2 is 2.10 bits per heavy atom. The number of imidazole rings is 1. The molecule has 0 aliphatic carbocycles. The average Bonchev–Trinajstić information content (AvgIpc) is 2.82. The van der Waals surface area contributed by atoms with Gasteiger partial charge >= 0.3 is 5.69 Å². The summed E-state index contributed by atoms with van der Waals surface area (Å²) in [5.41, 5.74) is 3.63. The van der Waals surface area contributed by atoms with Gasteiger partial charge in [-0.25, -0.2) is 10.2 Å². The Labute approximate surface area is 121 Å². The Hall–Kier alpha value is -2.38. The number of hydrogen-bond donors (Lipinski definition) is 2. The second-order valence-electron chi connectivity index (χ2n) is 4.89. The fourth-order valence-corrected chi connectivity index (χ4v) is 1.99. The van der Waals surface area contributed by atoms with Gasteiger partial charge in [-0.3, -0.25) is 14.3 Å². The summed E-state index contributed by atoms with van der Waals surface area (Å²) < 4.78 is 3.07. The SMILES string of the molecule is CCCn1c(N/N=C(\C)CC)nc2c1c(=O)[nH]c(=O)n2C. The first-order valence-corrected chi connectivity index (χ1v) is 6.98. The lowest BCUT2D eigenvalue weighted by molar-refractivity contribution is 0.698. The third kappa shape index (κ3) is 2.74. The van der Waals surface area contributed by atoms with Crippen LogP contribution in [0.5, 0.6) is 0 Å². The number of rotatable bonds is 5. The van der Waals surface area contributed by atoms with Crippen LogP contribution in [-0.2, 0) is 13.6 Å². The van der Waals surface area contributed by atoms with E-state index in [1.54, 1.807) is 11.6 Å². The van der Waals surface area contributed by atoms with Gasteiger partial charge in [-0.2, -0.15) is 10.1 Å². The Morgan fingerprint density at radius 1 is 1.38 bits per heavy atom. The highest BCUT2D eigenvalue weighted by Gasteiger charge is 2.16. The summed E-state index contributed by atoms with van der Waals surface area (Å²) in [4.78, 5) is 30.4. The molecule has 0 bridgehead atoms. The van der Waals surface area contributed by atoms with Gasteiger partial charge in [0.1, 0.15) is 0 Å². The van der Waals surface area contributed by atoms with Crippen molar-refractivity contribution in [2.24, 2.45) is 12.1 Å². The highest BCUT2D eigenvalue weighted by Crippen LogP contribution is 2.15. The Bertz CT molecular complexity index is 795. The largest absolute Gasteiger partial charge is 0.329 e. The van der Waals surface area contributed by atoms with Gasteiger partial charge < -0.3 is 4.57 Å². The molecule has 2 rings (SSSR count). The lowest BCUT2D eigenvalue weighted by Crippen LogP contribution is -2.29. The van der Waals surface area contributed by atoms with E-state index in [-0.39, 0.29) is 0 Å². The molecule has 2 N–H and O–H groups in total. The first-order valence-electron chi connectivity index (χ1n) is 6.98. The molecule has 0 aliphatic rings. The molecule has 2 aromatic heterocycles. The highest BCUT2D eigenvalue weighted by atomic mass is 16.2. The standard InChI is InChI=1S/C13H20N6O2/c1-5-7-19-9-10(18(4)13(21)15-11(9)20)14-12(19)17-16-8(3)6-2/h5-7H2,1-4H3,(H,14,17)(H,15,20,21)/b16-8+. The maximum atomic E-state index is 12.1. The van der Waals surface area contributed by atoms with E-state index in [0.29, 0.717) is 23.7 Å². The summed E-state index contributed by atoms with van der Waals surface area (Å²) in [5, 5.41) is 4.22. The van der Waals surface area contributed by atoms with Gasteiger partial charge in [0.15, 0.2) is 11.2 Å². The van der Waals surface area contributed by atoms with Crippen LogP contribution in [0, 0.1) is 0 Å². The normalized spacial score (nSPS) is 12.1. The smallest absolute Gasteiger partial charge is 0.303 e. The number of aromatic amines is 1. The van der Waals surface area contributed by atoms with Crippen LogP contribution in [0.3, 0.4) is 0 Å². The van der Waals surface area contributed by atoms with Crippen molar-refractivity contribution >= 4 is 22.8 Å². The summed E-state index contributed by atoms with van der Waals surface area (Å²) in [5.74, 6) is 0.464. The van der Waals surface area contributed by atoms with Crippen LogP contribution >= 0.6 is 0 Å². The van der Waals surface area contributed by atoms with Crippen LogP contribution in [0.1, 0.15) is 33.6 Å². The van der Waals surface area contributed by atoms with Gasteiger partial charge in [-0.15, -0.1) is 0 Å². The number of anilines is 1. The first kappa shape index (κ1) is 15.0. The zero-order valence-corrected chi connectivity index (χ0v) is 12.7. The number of fused-ring (bicyclic) bond motifs is 1. The maximum absolute atomic E-state index is 12.1. The molecule has 0 amide bonds. The minimum Gasteiger partial charge on any atom is -0.303 e. The lowest BCUT2D eigenvalue weighted by Gasteiger charge is -2.06. The van der Waals surface area contributed by atoms with E-state index in [9.17, 15) is 9.59 Å². The number of nitrogens with zero attached hydrogens (tertiary/aromatic N) is 4. The lowest BCUT2D eigenvalue weighted by atomic mass is 10.3. The molecule has 8 heteroatoms. The zero-order valence-electron chi connectivity index (χ0n) is 12.7. The Balaban J connectivity index is 2.68. The van der Waals surface area contributed by atoms with E-state index < -0.39 is 11.2 Å². The number of aryl methyl sites for hydroxylation is 2. The molecule has 114 valence electrons. The average molecular weight is 292 g/mol. The third-order valence-electron chi connectivity index (χ3n) is 3.31. The molecule has 2 heterocycles. The minimum absolute atomic E-state index is 0.351. The number of hydrazone groups is 1. The van der Waals surface area contributed by atoms with Crippen molar-refractivity contribution in [3.05, 3.63) is 20.8 Å². The molecule has 0 aliphatic heterocycles. The summed E-state index contributed by atoms with van der Waals surface area (Å²) in [7, 11) is 1.58. The molecule has 0 saturated heterocycles. The number of hydrogen-bond acceptors (Lipinski definition) is 5. The van der Waals surface area contributed by atoms with Gasteiger partial charge in [0.25, 0.3) is 5.56 Å². The summed E-state index contributed by atoms with van der Waals surface area (Å²) in [6, 6.07) is 0. The van der Waals surface area contributed by atoms with Gasteiger partial charge in [0.05, 0.1) is 0 Å². The minimum atomic E-state index is -0.478. The van der Waals surface area contributed by atoms with Crippen molar-refractivity contribution in [2.75, 3.05) is 5.43 Å². The zero-order chi connectivity index (χ0) is 15.6. The van der Waals surface area contributed by atoms with Crippen molar-refractivity contribution in [1.82, 2.24) is 19.1 Å². The monoisotopic (exact) mass is 292 g/mol. The Kier molecular flexibility index (Phi) is 4.25. The van der Waals surface area contributed by atoms with Crippen LogP contribution in [0.25, 0.3) is 11.2 Å². The topological polar surface area (TPSA) is 97.1 Å². The molecule has 0 aromatic carbocycles. The molecular weight excluding hydrogens is 272 g/mol. The van der Waals surface area contributed by atoms with Crippen molar-refractivity contribution in [3.8, 4) is 0 Å². The quantitative estimate of drug-likeness (QED) is 0.635. The second-order valence-corrected chi connectivity index (χ2v) is 4.89. The third-order valence-corrected chi connectivity index (χ3v) is 3.31. The van der Waals surface area contributed by atoms with Gasteiger partial charge in [0.2, 0.25) is 5.95 Å². The Morgan fingerprint density at radius 3 is 2.71 bits per heavy atom. The second kappa shape index (κ2) is 5.94. The van der Waals surface area contributed by atoms with E-state index in [1.165, 1.54) is 4.57 Å².